The van der Waals surface area contributed by atoms with E-state index in [1.807, 2.05) is 12.1 Å². The Bertz CT molecular complexity index is 635. The van der Waals surface area contributed by atoms with Crippen LogP contribution in [0.1, 0.15) is 24.4 Å². The molecule has 1 atom stereocenters. The van der Waals surface area contributed by atoms with Crippen LogP contribution in [0.5, 0.6) is 0 Å². The molecule has 0 aromatic carbocycles. The number of anilines is 1. The predicted molar refractivity (Wildman–Crippen MR) is 76.1 cm³/mol. The van der Waals surface area contributed by atoms with Crippen LogP contribution >= 0.6 is 0 Å². The van der Waals surface area contributed by atoms with Gasteiger partial charge in [0, 0.05) is 25.1 Å². The molecule has 1 fully saturated rings. The average molecular weight is 286 g/mol. The molecule has 1 aliphatic rings. The number of carbonyl (C=O) groups excluding carboxylic acids is 1. The largest absolute Gasteiger partial charge is 0.323 e. The molecule has 2 aromatic rings. The zero-order chi connectivity index (χ0) is 14.7. The van der Waals surface area contributed by atoms with Crippen LogP contribution in [0.3, 0.4) is 0 Å². The molecule has 1 N–H and O–H groups in total. The standard InChI is InChI=1S/C15H15FN4O/c16-12-3-1-7-18-14(12)19-15(21)20-10-2-4-13(20)11-5-8-17-9-6-11/h1,3,5-9,13H,2,4,10H2,(H,18,19,21). The van der Waals surface area contributed by atoms with E-state index in [1.165, 1.54) is 18.3 Å². The number of nitrogens with zero attached hydrogens (tertiary/aromatic N) is 3. The van der Waals surface area contributed by atoms with Crippen molar-refractivity contribution in [2.75, 3.05) is 11.9 Å². The van der Waals surface area contributed by atoms with Crippen molar-refractivity contribution >= 4 is 11.8 Å². The Morgan fingerprint density at radius 2 is 2.10 bits per heavy atom. The van der Waals surface area contributed by atoms with Crippen LogP contribution in [0.25, 0.3) is 0 Å². The van der Waals surface area contributed by atoms with Gasteiger partial charge < -0.3 is 4.90 Å². The van der Waals surface area contributed by atoms with Gasteiger partial charge in [-0.3, -0.25) is 10.3 Å². The van der Waals surface area contributed by atoms with Crippen molar-refractivity contribution in [1.82, 2.24) is 14.9 Å². The number of pyridine rings is 2. The normalized spacial score (nSPS) is 17.8. The number of nitrogens with one attached hydrogen (secondary N) is 1. The van der Waals surface area contributed by atoms with Gasteiger partial charge in [0.1, 0.15) is 0 Å². The molecule has 2 amide bonds. The summed E-state index contributed by atoms with van der Waals surface area (Å²) in [5.41, 5.74) is 1.04. The van der Waals surface area contributed by atoms with Crippen LogP contribution < -0.4 is 5.32 Å². The van der Waals surface area contributed by atoms with Gasteiger partial charge in [-0.2, -0.15) is 0 Å². The minimum absolute atomic E-state index is 0.000210. The summed E-state index contributed by atoms with van der Waals surface area (Å²) in [7, 11) is 0. The van der Waals surface area contributed by atoms with Crippen molar-refractivity contribution in [3.8, 4) is 0 Å². The Hall–Kier alpha value is -2.50. The molecule has 21 heavy (non-hydrogen) atoms. The van der Waals surface area contributed by atoms with Crippen molar-refractivity contribution in [1.29, 1.82) is 0 Å². The van der Waals surface area contributed by atoms with Gasteiger partial charge in [-0.05, 0) is 42.7 Å². The fraction of sp³-hybridized carbons (Fsp3) is 0.267. The molecule has 0 spiro atoms. The second-order valence-corrected chi connectivity index (χ2v) is 4.90. The number of hydrogen-bond acceptors (Lipinski definition) is 3. The van der Waals surface area contributed by atoms with E-state index in [-0.39, 0.29) is 17.9 Å². The molecule has 108 valence electrons. The van der Waals surface area contributed by atoms with Crippen molar-refractivity contribution in [3.05, 3.63) is 54.2 Å². The third-order valence-electron chi connectivity index (χ3n) is 3.59. The van der Waals surface area contributed by atoms with Gasteiger partial charge in [0.15, 0.2) is 11.6 Å². The Morgan fingerprint density at radius 3 is 2.86 bits per heavy atom. The maximum absolute atomic E-state index is 13.6. The van der Waals surface area contributed by atoms with Crippen LogP contribution in [0.15, 0.2) is 42.9 Å². The SMILES string of the molecule is O=C(Nc1ncccc1F)N1CCCC1c1ccncc1. The van der Waals surface area contributed by atoms with Crippen LogP contribution in [0, 0.1) is 5.82 Å². The molecule has 1 aliphatic heterocycles. The number of likely N-dealkylation sites (tertiary alicyclic amines) is 1. The molecule has 3 heterocycles. The molecule has 5 nitrogen and oxygen atoms in total. The predicted octanol–water partition coefficient (Wildman–Crippen LogP) is 2.98. The van der Waals surface area contributed by atoms with Gasteiger partial charge in [-0.15, -0.1) is 0 Å². The Kier molecular flexibility index (Phi) is 3.77. The molecule has 0 radical (unpaired) electrons. The Balaban J connectivity index is 1.76. The molecule has 0 aliphatic carbocycles. The lowest BCUT2D eigenvalue weighted by Gasteiger charge is -2.25. The number of hydrogen-bond donors (Lipinski definition) is 1. The minimum atomic E-state index is -0.537. The number of carbonyl (C=O) groups is 1. The van der Waals surface area contributed by atoms with Gasteiger partial charge in [-0.25, -0.2) is 14.2 Å². The van der Waals surface area contributed by atoms with Crippen molar-refractivity contribution in [2.24, 2.45) is 0 Å². The van der Waals surface area contributed by atoms with Crippen molar-refractivity contribution in [2.45, 2.75) is 18.9 Å². The highest BCUT2D eigenvalue weighted by molar-refractivity contribution is 5.88. The molecular weight excluding hydrogens is 271 g/mol. The fourth-order valence-electron chi connectivity index (χ4n) is 2.59. The summed E-state index contributed by atoms with van der Waals surface area (Å²) in [6.07, 6.45) is 6.68. The summed E-state index contributed by atoms with van der Waals surface area (Å²) >= 11 is 0. The van der Waals surface area contributed by atoms with E-state index in [0.717, 1.165) is 18.4 Å². The second kappa shape index (κ2) is 5.87. The summed E-state index contributed by atoms with van der Waals surface area (Å²) in [6, 6.07) is 6.23. The molecule has 0 bridgehead atoms. The molecule has 3 rings (SSSR count). The molecule has 1 saturated heterocycles. The molecule has 1 unspecified atom stereocenters. The summed E-state index contributed by atoms with van der Waals surface area (Å²) < 4.78 is 13.6. The van der Waals surface area contributed by atoms with E-state index in [0.29, 0.717) is 6.54 Å². The topological polar surface area (TPSA) is 58.1 Å². The van der Waals surface area contributed by atoms with E-state index in [4.69, 9.17) is 0 Å². The average Bonchev–Trinajstić information content (AvgIpc) is 3.00. The summed E-state index contributed by atoms with van der Waals surface area (Å²) in [5, 5.41) is 2.54. The first kappa shape index (κ1) is 13.5. The Labute approximate surface area is 121 Å². The summed E-state index contributed by atoms with van der Waals surface area (Å²) in [4.78, 5) is 21.9. The van der Waals surface area contributed by atoms with Gasteiger partial charge in [0.05, 0.1) is 6.04 Å². The maximum Gasteiger partial charge on any atom is 0.323 e. The highest BCUT2D eigenvalue weighted by atomic mass is 19.1. The monoisotopic (exact) mass is 286 g/mol. The smallest absolute Gasteiger partial charge is 0.317 e. The summed E-state index contributed by atoms with van der Waals surface area (Å²) in [6.45, 7) is 0.646. The van der Waals surface area contributed by atoms with Gasteiger partial charge in [0.25, 0.3) is 0 Å². The van der Waals surface area contributed by atoms with Crippen molar-refractivity contribution in [3.63, 3.8) is 0 Å². The lowest BCUT2D eigenvalue weighted by atomic mass is 10.1. The van der Waals surface area contributed by atoms with E-state index in [1.54, 1.807) is 17.3 Å². The number of halogens is 1. The lowest BCUT2D eigenvalue weighted by Crippen LogP contribution is -2.34. The zero-order valence-corrected chi connectivity index (χ0v) is 11.4. The van der Waals surface area contributed by atoms with Crippen LogP contribution in [0.4, 0.5) is 15.0 Å². The number of urea groups is 1. The van der Waals surface area contributed by atoms with Gasteiger partial charge >= 0.3 is 6.03 Å². The van der Waals surface area contributed by atoms with Crippen LogP contribution in [-0.4, -0.2) is 27.4 Å². The highest BCUT2D eigenvalue weighted by Gasteiger charge is 2.30. The molecule has 0 saturated carbocycles. The van der Waals surface area contributed by atoms with E-state index in [9.17, 15) is 9.18 Å². The first-order valence-corrected chi connectivity index (χ1v) is 6.84. The lowest BCUT2D eigenvalue weighted by molar-refractivity contribution is 0.207. The summed E-state index contributed by atoms with van der Waals surface area (Å²) in [5.74, 6) is -0.576. The number of amides is 2. The quantitative estimate of drug-likeness (QED) is 0.923. The van der Waals surface area contributed by atoms with E-state index >= 15 is 0 Å². The third-order valence-corrected chi connectivity index (χ3v) is 3.59. The number of rotatable bonds is 2. The molecule has 2 aromatic heterocycles. The molecular formula is C15H15FN4O. The highest BCUT2D eigenvalue weighted by Crippen LogP contribution is 2.31. The van der Waals surface area contributed by atoms with Gasteiger partial charge in [0.2, 0.25) is 0 Å². The Morgan fingerprint density at radius 1 is 1.29 bits per heavy atom. The third kappa shape index (κ3) is 2.84. The maximum atomic E-state index is 13.6. The van der Waals surface area contributed by atoms with Crippen LogP contribution in [-0.2, 0) is 0 Å². The minimum Gasteiger partial charge on any atom is -0.317 e. The second-order valence-electron chi connectivity index (χ2n) is 4.90. The van der Waals surface area contributed by atoms with Gasteiger partial charge in [-0.1, -0.05) is 0 Å². The zero-order valence-electron chi connectivity index (χ0n) is 11.4. The van der Waals surface area contributed by atoms with Crippen LogP contribution in [0.2, 0.25) is 0 Å². The fourth-order valence-corrected chi connectivity index (χ4v) is 2.59. The first-order valence-electron chi connectivity index (χ1n) is 6.84. The van der Waals surface area contributed by atoms with E-state index in [2.05, 4.69) is 15.3 Å². The van der Waals surface area contributed by atoms with E-state index < -0.39 is 5.82 Å². The molecule has 6 heteroatoms. The first-order chi connectivity index (χ1) is 10.3. The van der Waals surface area contributed by atoms with Crippen molar-refractivity contribution < 1.29 is 9.18 Å². The number of aromatic nitrogens is 2.